The highest BCUT2D eigenvalue weighted by molar-refractivity contribution is 5.72. The van der Waals surface area contributed by atoms with Gasteiger partial charge in [-0.05, 0) is 0 Å². The van der Waals surface area contributed by atoms with Gasteiger partial charge < -0.3 is 4.84 Å². The first-order valence-corrected chi connectivity index (χ1v) is 1.51. The summed E-state index contributed by atoms with van der Waals surface area (Å²) in [6, 6.07) is 0. The summed E-state index contributed by atoms with van der Waals surface area (Å²) in [5, 5.41) is 0. The zero-order valence-electron chi connectivity index (χ0n) is 2.97. The lowest BCUT2D eigenvalue weighted by atomic mass is 10.7. The van der Waals surface area contributed by atoms with E-state index < -0.39 is 0 Å². The summed E-state index contributed by atoms with van der Waals surface area (Å²) in [5.74, 6) is -0.324. The fourth-order valence-electron chi connectivity index (χ4n) is 0.212. The van der Waals surface area contributed by atoms with Gasteiger partial charge in [-0.1, -0.05) is 5.59 Å². The third-order valence-electron chi connectivity index (χ3n) is 0.432. The van der Waals surface area contributed by atoms with Gasteiger partial charge in [-0.2, -0.15) is 0 Å². The minimum atomic E-state index is -0.324. The molecular weight excluding hydrogens is 84.0 g/mol. The molecule has 1 rings (SSSR count). The molecule has 0 aliphatic carbocycles. The van der Waals surface area contributed by atoms with Crippen molar-refractivity contribution in [2.24, 2.45) is 0 Å². The first-order chi connectivity index (χ1) is 2.89. The molecule has 0 saturated carbocycles. The molecule has 1 saturated heterocycles. The monoisotopic (exact) mass is 87.0 g/mol. The van der Waals surface area contributed by atoms with Crippen LogP contribution in [0, 0.1) is 0 Å². The van der Waals surface area contributed by atoms with Crippen LogP contribution in [0.5, 0.6) is 0 Å². The highest BCUT2D eigenvalue weighted by Gasteiger charge is 2.09. The predicted octanol–water partition coefficient (Wildman–Crippen LogP) is -1.43. The molecule has 0 aromatic carbocycles. The molecule has 4 nitrogen and oxygen atoms in total. The third kappa shape index (κ3) is 0.474. The van der Waals surface area contributed by atoms with Crippen LogP contribution >= 0.6 is 0 Å². The second-order valence-corrected chi connectivity index (χ2v) is 0.882. The fourth-order valence-corrected chi connectivity index (χ4v) is 0.212. The van der Waals surface area contributed by atoms with Crippen LogP contribution in [0.3, 0.4) is 0 Å². The van der Waals surface area contributed by atoms with Gasteiger partial charge >= 0.3 is 5.97 Å². The molecule has 1 N–H and O–H groups in total. The van der Waals surface area contributed by atoms with E-state index in [1.807, 2.05) is 5.59 Å². The molecule has 1 aliphatic heterocycles. The molecule has 0 atom stereocenters. The molecule has 4 heteroatoms. The zero-order chi connectivity index (χ0) is 4.41. The van der Waals surface area contributed by atoms with Gasteiger partial charge in [-0.25, -0.2) is 4.79 Å². The second-order valence-electron chi connectivity index (χ2n) is 0.882. The lowest BCUT2D eigenvalue weighted by Gasteiger charge is -1.79. The first kappa shape index (κ1) is 3.58. The molecule has 33 valence electrons. The average Bonchev–Trinajstić information content (AvgIpc) is 1.86. The molecule has 1 fully saturated rings. The van der Waals surface area contributed by atoms with E-state index in [4.69, 9.17) is 0 Å². The maximum atomic E-state index is 9.86. The Bertz CT molecular complexity index is 63.9. The summed E-state index contributed by atoms with van der Waals surface area (Å²) in [4.78, 5) is 14.0. The summed E-state index contributed by atoms with van der Waals surface area (Å²) < 4.78 is 0. The molecule has 0 unspecified atom stereocenters. The summed E-state index contributed by atoms with van der Waals surface area (Å²) in [6.07, 6.45) is 0. The third-order valence-corrected chi connectivity index (χ3v) is 0.432. The van der Waals surface area contributed by atoms with Crippen molar-refractivity contribution in [3.05, 3.63) is 0 Å². The van der Waals surface area contributed by atoms with E-state index in [1.54, 1.807) is 0 Å². The number of hydrogen-bond donors (Lipinski definition) is 1. The van der Waals surface area contributed by atoms with Crippen molar-refractivity contribution in [2.75, 3.05) is 6.54 Å². The maximum Gasteiger partial charge on any atom is 0.343 e. The Balaban J connectivity index is 2.37. The molecule has 0 aromatic rings. The van der Waals surface area contributed by atoms with Gasteiger partial charge in [-0.15, -0.1) is 5.43 Å². The van der Waals surface area contributed by atoms with Gasteiger partial charge in [-0.3, -0.25) is 0 Å². The Morgan fingerprint density at radius 3 is 3.00 bits per heavy atom. The Hall–Kier alpha value is -0.610. The Kier molecular flexibility index (Phi) is 0.736. The molecule has 1 heterocycles. The molecule has 1 radical (unpaired) electrons. The minimum Gasteiger partial charge on any atom is -0.353 e. The van der Waals surface area contributed by atoms with Crippen LogP contribution in [0.1, 0.15) is 0 Å². The van der Waals surface area contributed by atoms with Gasteiger partial charge in [0.25, 0.3) is 0 Å². The van der Waals surface area contributed by atoms with E-state index >= 15 is 0 Å². The SMILES string of the molecule is O=C1C[N]NO1. The Morgan fingerprint density at radius 2 is 2.83 bits per heavy atom. The average molecular weight is 87.1 g/mol. The van der Waals surface area contributed by atoms with Crippen molar-refractivity contribution in [3.8, 4) is 0 Å². The van der Waals surface area contributed by atoms with Gasteiger partial charge in [0.15, 0.2) is 0 Å². The van der Waals surface area contributed by atoms with Crippen molar-refractivity contribution >= 4 is 5.97 Å². The van der Waals surface area contributed by atoms with Gasteiger partial charge in [0.2, 0.25) is 0 Å². The molecule has 0 amide bonds. The van der Waals surface area contributed by atoms with Crippen LogP contribution in [0.15, 0.2) is 0 Å². The van der Waals surface area contributed by atoms with Crippen LogP contribution in [-0.4, -0.2) is 12.5 Å². The summed E-state index contributed by atoms with van der Waals surface area (Å²) in [5.41, 5.74) is 5.39. The Morgan fingerprint density at radius 1 is 2.00 bits per heavy atom. The topological polar surface area (TPSA) is 52.4 Å². The van der Waals surface area contributed by atoms with Crippen molar-refractivity contribution in [2.45, 2.75) is 0 Å². The molecular formula is C2H3N2O2. The summed E-state index contributed by atoms with van der Waals surface area (Å²) in [7, 11) is 0. The van der Waals surface area contributed by atoms with Gasteiger partial charge in [0.1, 0.15) is 6.54 Å². The molecule has 0 spiro atoms. The van der Waals surface area contributed by atoms with Crippen LogP contribution < -0.4 is 11.0 Å². The van der Waals surface area contributed by atoms with E-state index in [-0.39, 0.29) is 12.5 Å². The van der Waals surface area contributed by atoms with E-state index in [0.29, 0.717) is 0 Å². The highest BCUT2D eigenvalue weighted by Crippen LogP contribution is 1.75. The number of carbonyl (C=O) groups excluding carboxylic acids is 1. The smallest absolute Gasteiger partial charge is 0.343 e. The van der Waals surface area contributed by atoms with Crippen LogP contribution in [-0.2, 0) is 9.63 Å². The molecule has 6 heavy (non-hydrogen) atoms. The van der Waals surface area contributed by atoms with Gasteiger partial charge in [0, 0.05) is 0 Å². The molecule has 1 aliphatic rings. The number of nitrogens with one attached hydrogen (secondary N) is 1. The molecule has 0 aromatic heterocycles. The molecule has 0 bridgehead atoms. The van der Waals surface area contributed by atoms with E-state index in [9.17, 15) is 4.79 Å². The van der Waals surface area contributed by atoms with Crippen molar-refractivity contribution in [1.29, 1.82) is 0 Å². The normalized spacial score (nSPS) is 21.0. The number of carbonyl (C=O) groups is 1. The summed E-state index contributed by atoms with van der Waals surface area (Å²) in [6.45, 7) is 0.139. The van der Waals surface area contributed by atoms with E-state index in [0.717, 1.165) is 0 Å². The fraction of sp³-hybridized carbons (Fsp3) is 0.500. The lowest BCUT2D eigenvalue weighted by Crippen LogP contribution is -2.11. The quantitative estimate of drug-likeness (QED) is 0.394. The maximum absolute atomic E-state index is 9.86. The largest absolute Gasteiger partial charge is 0.353 e. The van der Waals surface area contributed by atoms with Crippen LogP contribution in [0.2, 0.25) is 0 Å². The minimum absolute atomic E-state index is 0.139. The summed E-state index contributed by atoms with van der Waals surface area (Å²) >= 11 is 0. The van der Waals surface area contributed by atoms with Crippen LogP contribution in [0.25, 0.3) is 0 Å². The number of nitrogens with zero attached hydrogens (tertiary/aromatic N) is 1. The Labute approximate surface area is 34.4 Å². The van der Waals surface area contributed by atoms with Gasteiger partial charge in [0.05, 0.1) is 0 Å². The van der Waals surface area contributed by atoms with E-state index in [2.05, 4.69) is 10.3 Å². The standard InChI is InChI=1S/C2H3N2O2/c5-2-1-3-4-6-2/h4H,1H2. The predicted molar refractivity (Wildman–Crippen MR) is 16.2 cm³/mol. The van der Waals surface area contributed by atoms with Crippen molar-refractivity contribution in [1.82, 2.24) is 11.0 Å². The van der Waals surface area contributed by atoms with E-state index in [1.165, 1.54) is 0 Å². The van der Waals surface area contributed by atoms with Crippen LogP contribution in [0.4, 0.5) is 0 Å². The highest BCUT2D eigenvalue weighted by atomic mass is 16.7. The lowest BCUT2D eigenvalue weighted by molar-refractivity contribution is -0.142. The van der Waals surface area contributed by atoms with Crippen molar-refractivity contribution in [3.63, 3.8) is 0 Å². The first-order valence-electron chi connectivity index (χ1n) is 1.51. The number of rotatable bonds is 0. The second kappa shape index (κ2) is 1.24. The number of hydrogen-bond acceptors (Lipinski definition) is 3. The van der Waals surface area contributed by atoms with Crippen molar-refractivity contribution < 1.29 is 9.63 Å². The zero-order valence-corrected chi connectivity index (χ0v) is 2.97.